The van der Waals surface area contributed by atoms with Crippen LogP contribution in [0.5, 0.6) is 5.75 Å². The number of unbranched alkanes of at least 4 members (excludes halogenated alkanes) is 1. The van der Waals surface area contributed by atoms with Gasteiger partial charge in [-0.25, -0.2) is 9.78 Å². The molecule has 1 radical (unpaired) electrons. The molecule has 1 aromatic heterocycles. The zero-order valence-corrected chi connectivity index (χ0v) is 16.9. The van der Waals surface area contributed by atoms with Crippen LogP contribution >= 0.6 is 0 Å². The van der Waals surface area contributed by atoms with Crippen LogP contribution < -0.4 is 4.74 Å². The molecule has 2 rings (SSSR count). The van der Waals surface area contributed by atoms with E-state index in [0.29, 0.717) is 12.4 Å². The smallest absolute Gasteiger partial charge is 0.328 e. The predicted molar refractivity (Wildman–Crippen MR) is 110 cm³/mol. The lowest BCUT2D eigenvalue weighted by atomic mass is 10.1. The molecule has 1 unspecified atom stereocenters. The summed E-state index contributed by atoms with van der Waals surface area (Å²) in [5, 5.41) is 7.72. The molecule has 0 aliphatic rings. The maximum Gasteiger partial charge on any atom is 0.328 e. The summed E-state index contributed by atoms with van der Waals surface area (Å²) in [7, 11) is -4.23. The number of carboxylic acids is 1. The fourth-order valence-electron chi connectivity index (χ4n) is 2.55. The number of aliphatic carboxylic acids is 1. The molecule has 1 heterocycles. The van der Waals surface area contributed by atoms with Gasteiger partial charge in [-0.1, -0.05) is 30.3 Å². The lowest BCUT2D eigenvalue weighted by Crippen LogP contribution is -2.18. The topological polar surface area (TPSA) is 114 Å². The van der Waals surface area contributed by atoms with Crippen LogP contribution in [0.25, 0.3) is 6.08 Å². The van der Waals surface area contributed by atoms with Crippen LogP contribution in [0.1, 0.15) is 36.7 Å². The maximum absolute atomic E-state index is 11.2. The number of aryl methyl sites for hydroxylation is 1. The Morgan fingerprint density at radius 2 is 1.90 bits per heavy atom. The Morgan fingerprint density at radius 1 is 1.17 bits per heavy atom. The second-order valence-electron chi connectivity index (χ2n) is 6.47. The average molecular weight is 418 g/mol. The number of pyridine rings is 1. The number of aromatic nitrogens is 1. The first-order chi connectivity index (χ1) is 13.8. The summed E-state index contributed by atoms with van der Waals surface area (Å²) in [6.07, 6.45) is 6.19. The second-order valence-corrected chi connectivity index (χ2v) is 8.24. The van der Waals surface area contributed by atoms with Gasteiger partial charge in [-0.3, -0.25) is 4.55 Å². The number of hydrogen-bond donors (Lipinski definition) is 2. The van der Waals surface area contributed by atoms with E-state index in [1.165, 1.54) is 25.0 Å². The molecule has 1 aromatic carbocycles. The Hall–Kier alpha value is -2.71. The van der Waals surface area contributed by atoms with E-state index < -0.39 is 21.3 Å². The van der Waals surface area contributed by atoms with E-state index in [-0.39, 0.29) is 11.4 Å². The van der Waals surface area contributed by atoms with Gasteiger partial charge in [0.2, 0.25) is 0 Å². The monoisotopic (exact) mass is 418 g/mol. The molecule has 1 atom stereocenters. The van der Waals surface area contributed by atoms with Gasteiger partial charge in [0.25, 0.3) is 10.1 Å². The minimum atomic E-state index is -4.23. The molecule has 0 aliphatic carbocycles. The van der Waals surface area contributed by atoms with Crippen LogP contribution in [0, 0.1) is 6.42 Å². The molecule has 0 fully saturated rings. The summed E-state index contributed by atoms with van der Waals surface area (Å²) < 4.78 is 37.2. The zero-order valence-electron chi connectivity index (χ0n) is 16.1. The molecule has 2 aromatic rings. The van der Waals surface area contributed by atoms with E-state index in [0.717, 1.165) is 25.3 Å². The summed E-state index contributed by atoms with van der Waals surface area (Å²) in [5.41, 5.74) is 1.82. The molecule has 7 nitrogen and oxygen atoms in total. The fourth-order valence-corrected chi connectivity index (χ4v) is 2.86. The van der Waals surface area contributed by atoms with Gasteiger partial charge in [0.05, 0.1) is 11.9 Å². The first-order valence-corrected chi connectivity index (χ1v) is 10.7. The number of carbonyl (C=O) groups is 1. The van der Waals surface area contributed by atoms with Crippen LogP contribution in [0.4, 0.5) is 0 Å². The van der Waals surface area contributed by atoms with Crippen molar-refractivity contribution in [2.75, 3.05) is 6.61 Å². The van der Waals surface area contributed by atoms with Crippen molar-refractivity contribution in [3.63, 3.8) is 0 Å². The number of rotatable bonds is 11. The Bertz CT molecular complexity index is 941. The summed E-state index contributed by atoms with van der Waals surface area (Å²) >= 11 is 0. The maximum atomic E-state index is 11.2. The molecule has 0 aliphatic heterocycles. The number of nitrogens with zero attached hydrogens (tertiary/aromatic N) is 1. The third kappa shape index (κ3) is 8.05. The first kappa shape index (κ1) is 22.6. The van der Waals surface area contributed by atoms with Crippen molar-refractivity contribution in [1.29, 1.82) is 0 Å². The van der Waals surface area contributed by atoms with Crippen molar-refractivity contribution >= 4 is 22.2 Å². The van der Waals surface area contributed by atoms with Gasteiger partial charge in [0, 0.05) is 18.2 Å². The highest BCUT2D eigenvalue weighted by molar-refractivity contribution is 7.86. The Labute approximate surface area is 170 Å². The van der Waals surface area contributed by atoms with E-state index in [1.54, 1.807) is 12.1 Å². The van der Waals surface area contributed by atoms with E-state index in [2.05, 4.69) is 17.1 Å². The minimum Gasteiger partial charge on any atom is -0.491 e. The highest BCUT2D eigenvalue weighted by Crippen LogP contribution is 2.21. The Kier molecular flexibility index (Phi) is 8.35. The second kappa shape index (κ2) is 10.7. The minimum absolute atomic E-state index is 0.270. The van der Waals surface area contributed by atoms with Crippen LogP contribution in [0.3, 0.4) is 0 Å². The number of hydrogen-bond acceptors (Lipinski definition) is 5. The molecular formula is C21H24NO6S. The predicted octanol–water partition coefficient (Wildman–Crippen LogP) is 3.41. The van der Waals surface area contributed by atoms with Crippen molar-refractivity contribution in [3.8, 4) is 5.75 Å². The molecule has 0 spiro atoms. The van der Waals surface area contributed by atoms with Crippen molar-refractivity contribution in [2.45, 2.75) is 31.4 Å². The summed E-state index contributed by atoms with van der Waals surface area (Å²) in [6, 6.07) is 13.3. The molecule has 2 N–H and O–H groups in total. The average Bonchev–Trinajstić information content (AvgIpc) is 2.67. The van der Waals surface area contributed by atoms with E-state index in [9.17, 15) is 13.2 Å². The van der Waals surface area contributed by atoms with Crippen LogP contribution in [-0.4, -0.2) is 40.9 Å². The van der Waals surface area contributed by atoms with Gasteiger partial charge in [0.15, 0.2) is 0 Å². The molecule has 29 heavy (non-hydrogen) atoms. The third-order valence-electron chi connectivity index (χ3n) is 4.13. The van der Waals surface area contributed by atoms with Gasteiger partial charge in [-0.15, -0.1) is 0 Å². The van der Waals surface area contributed by atoms with Crippen LogP contribution in [0.2, 0.25) is 0 Å². The Morgan fingerprint density at radius 3 is 2.55 bits per heavy atom. The molecule has 0 saturated carbocycles. The summed E-state index contributed by atoms with van der Waals surface area (Å²) in [5.74, 6) is -0.736. The van der Waals surface area contributed by atoms with Gasteiger partial charge in [-0.2, -0.15) is 8.42 Å². The quantitative estimate of drug-likeness (QED) is 0.326. The van der Waals surface area contributed by atoms with Gasteiger partial charge in [-0.05, 0) is 50.0 Å². The zero-order chi connectivity index (χ0) is 21.3. The first-order valence-electron chi connectivity index (χ1n) is 9.15. The standard InChI is InChI=1S/C21H24NO6S/c1-16(29(25,26)27)15-18-10-12-20(19(22-18)11-13-21(23)24)28-14-6-5-9-17-7-3-2-4-8-17/h2-4,7-8,10-13,15-16H,5-6,9,14H2,1H3,(H,23,24)(H,25,26,27)/b13-11+. The molecular weight excluding hydrogens is 394 g/mol. The number of benzene rings is 1. The largest absolute Gasteiger partial charge is 0.491 e. The van der Waals surface area contributed by atoms with Crippen molar-refractivity contribution < 1.29 is 27.6 Å². The normalized spacial score (nSPS) is 12.8. The van der Waals surface area contributed by atoms with Crippen LogP contribution in [0.15, 0.2) is 48.5 Å². The van der Waals surface area contributed by atoms with Gasteiger partial charge in [0.1, 0.15) is 11.4 Å². The molecule has 8 heteroatoms. The van der Waals surface area contributed by atoms with Gasteiger partial charge < -0.3 is 9.84 Å². The summed E-state index contributed by atoms with van der Waals surface area (Å²) in [6.45, 7) is 1.76. The lowest BCUT2D eigenvalue weighted by Gasteiger charge is -2.12. The van der Waals surface area contributed by atoms with Crippen molar-refractivity contribution in [1.82, 2.24) is 4.98 Å². The van der Waals surface area contributed by atoms with Crippen LogP contribution in [-0.2, 0) is 21.3 Å². The molecule has 0 amide bonds. The highest BCUT2D eigenvalue weighted by Gasteiger charge is 2.19. The molecule has 155 valence electrons. The van der Waals surface area contributed by atoms with E-state index in [4.69, 9.17) is 14.4 Å². The molecule has 0 bridgehead atoms. The van der Waals surface area contributed by atoms with Gasteiger partial charge >= 0.3 is 5.97 Å². The molecule has 0 saturated heterocycles. The Balaban J connectivity index is 2.00. The van der Waals surface area contributed by atoms with Crippen molar-refractivity contribution in [3.05, 3.63) is 71.9 Å². The fraction of sp³-hybridized carbons (Fsp3) is 0.286. The summed E-state index contributed by atoms with van der Waals surface area (Å²) in [4.78, 5) is 15.1. The van der Waals surface area contributed by atoms with Crippen molar-refractivity contribution in [2.24, 2.45) is 0 Å². The van der Waals surface area contributed by atoms with E-state index >= 15 is 0 Å². The third-order valence-corrected chi connectivity index (χ3v) is 5.20. The number of ether oxygens (including phenoxy) is 1. The van der Waals surface area contributed by atoms with E-state index in [1.807, 2.05) is 18.2 Å². The highest BCUT2D eigenvalue weighted by atomic mass is 32.2. The SMILES string of the molecule is CC([CH]c1ccc(OCCCCc2ccccc2)c(/C=C/C(=O)O)n1)S(=O)(=O)O. The lowest BCUT2D eigenvalue weighted by molar-refractivity contribution is -0.131. The number of carboxylic acid groups (broad SMARTS) is 1.